The summed E-state index contributed by atoms with van der Waals surface area (Å²) in [6.07, 6.45) is 8.17. The zero-order chi connectivity index (χ0) is 22.4. The first-order valence-electron chi connectivity index (χ1n) is 12.6. The molecule has 0 radical (unpaired) electrons. The van der Waals surface area contributed by atoms with Gasteiger partial charge in [-0.1, -0.05) is 37.3 Å². The number of hydrogen-bond acceptors (Lipinski definition) is 5. The first kappa shape index (κ1) is 21.1. The minimum Gasteiger partial charge on any atom is -0.352 e. The summed E-state index contributed by atoms with van der Waals surface area (Å²) in [4.78, 5) is 30.8. The Bertz CT molecular complexity index is 1160. The maximum Gasteiger partial charge on any atom is 0.230 e. The van der Waals surface area contributed by atoms with E-state index in [1.807, 2.05) is 29.5 Å². The van der Waals surface area contributed by atoms with E-state index in [0.717, 1.165) is 56.2 Å². The van der Waals surface area contributed by atoms with Crippen LogP contribution in [0.15, 0.2) is 30.3 Å². The fraction of sp³-hybridized carbons (Fsp3) is 0.519. The summed E-state index contributed by atoms with van der Waals surface area (Å²) in [7, 11) is 0. The van der Waals surface area contributed by atoms with Gasteiger partial charge in [0.05, 0.1) is 11.3 Å². The van der Waals surface area contributed by atoms with Crippen LogP contribution in [-0.2, 0) is 17.6 Å². The van der Waals surface area contributed by atoms with Gasteiger partial charge in [-0.05, 0) is 56.1 Å². The molecule has 3 aromatic rings. The Morgan fingerprint density at radius 3 is 2.55 bits per heavy atom. The molecule has 6 heteroatoms. The maximum absolute atomic E-state index is 13.4. The van der Waals surface area contributed by atoms with Gasteiger partial charge in [-0.25, -0.2) is 9.97 Å². The van der Waals surface area contributed by atoms with E-state index in [-0.39, 0.29) is 11.8 Å². The lowest BCUT2D eigenvalue weighted by Gasteiger charge is -2.37. The third-order valence-corrected chi connectivity index (χ3v) is 8.74. The van der Waals surface area contributed by atoms with Gasteiger partial charge < -0.3 is 9.80 Å². The molecule has 6 rings (SSSR count). The Labute approximate surface area is 199 Å². The summed E-state index contributed by atoms with van der Waals surface area (Å²) in [5.41, 5.74) is 2.64. The van der Waals surface area contributed by atoms with Gasteiger partial charge in [-0.2, -0.15) is 0 Å². The van der Waals surface area contributed by atoms with Gasteiger partial charge in [-0.3, -0.25) is 4.79 Å². The first-order valence-corrected chi connectivity index (χ1v) is 13.5. The highest BCUT2D eigenvalue weighted by atomic mass is 32.1. The number of aromatic nitrogens is 2. The van der Waals surface area contributed by atoms with Crippen LogP contribution < -0.4 is 4.90 Å². The molecule has 0 spiro atoms. The molecule has 1 aliphatic heterocycles. The molecule has 1 aromatic carbocycles. The molecule has 0 unspecified atom stereocenters. The monoisotopic (exact) mass is 460 g/mol. The van der Waals surface area contributed by atoms with Crippen LogP contribution in [0.3, 0.4) is 0 Å². The lowest BCUT2D eigenvalue weighted by Crippen LogP contribution is -2.50. The van der Waals surface area contributed by atoms with Crippen molar-refractivity contribution in [2.75, 3.05) is 31.1 Å². The Hall–Kier alpha value is -2.47. The van der Waals surface area contributed by atoms with E-state index >= 15 is 0 Å². The van der Waals surface area contributed by atoms with E-state index in [4.69, 9.17) is 9.97 Å². The number of anilines is 1. The van der Waals surface area contributed by atoms with Gasteiger partial charge in [0.2, 0.25) is 5.91 Å². The average Bonchev–Trinajstić information content (AvgIpc) is 3.65. The number of piperazine rings is 1. The average molecular weight is 461 g/mol. The molecule has 2 aliphatic carbocycles. The summed E-state index contributed by atoms with van der Waals surface area (Å²) in [5.74, 6) is 2.95. The lowest BCUT2D eigenvalue weighted by molar-refractivity contribution is -0.133. The fourth-order valence-electron chi connectivity index (χ4n) is 5.50. The molecule has 2 aromatic heterocycles. The number of thiophene rings is 1. The number of carbonyl (C=O) groups is 1. The predicted molar refractivity (Wildman–Crippen MR) is 134 cm³/mol. The fourth-order valence-corrected chi connectivity index (χ4v) is 6.77. The van der Waals surface area contributed by atoms with E-state index in [0.29, 0.717) is 5.92 Å². The number of amides is 1. The van der Waals surface area contributed by atoms with Gasteiger partial charge in [0.1, 0.15) is 16.5 Å². The molecular weight excluding hydrogens is 428 g/mol. The zero-order valence-corrected chi connectivity index (χ0v) is 20.2. The SMILES string of the molecule is CC[C@@H](C(=O)N1CCN(c2nc(C3CC3)nc3sc4c(c23)CCCC4)CC1)c1ccccc1. The first-order chi connectivity index (χ1) is 16.2. The van der Waals surface area contributed by atoms with Gasteiger partial charge in [0, 0.05) is 37.0 Å². The number of nitrogens with zero attached hydrogens (tertiary/aromatic N) is 4. The molecule has 5 nitrogen and oxygen atoms in total. The Kier molecular flexibility index (Phi) is 5.57. The molecule has 0 bridgehead atoms. The summed E-state index contributed by atoms with van der Waals surface area (Å²) < 4.78 is 0. The van der Waals surface area contributed by atoms with E-state index in [1.165, 1.54) is 52.8 Å². The van der Waals surface area contributed by atoms with Crippen LogP contribution in [0.5, 0.6) is 0 Å². The van der Waals surface area contributed by atoms with Crippen LogP contribution in [0.2, 0.25) is 0 Å². The van der Waals surface area contributed by atoms with Crippen molar-refractivity contribution in [2.45, 2.75) is 63.7 Å². The van der Waals surface area contributed by atoms with E-state index in [9.17, 15) is 4.79 Å². The summed E-state index contributed by atoms with van der Waals surface area (Å²) in [6, 6.07) is 10.2. The Balaban J connectivity index is 1.26. The van der Waals surface area contributed by atoms with Crippen molar-refractivity contribution in [2.24, 2.45) is 0 Å². The second-order valence-corrected chi connectivity index (χ2v) is 10.8. The highest BCUT2D eigenvalue weighted by Gasteiger charge is 2.33. The van der Waals surface area contributed by atoms with Crippen molar-refractivity contribution < 1.29 is 4.79 Å². The van der Waals surface area contributed by atoms with E-state index in [1.54, 1.807) is 0 Å². The van der Waals surface area contributed by atoms with Crippen LogP contribution in [0.1, 0.15) is 72.7 Å². The van der Waals surface area contributed by atoms with Gasteiger partial charge >= 0.3 is 0 Å². The van der Waals surface area contributed by atoms with E-state index in [2.05, 4.69) is 28.9 Å². The number of hydrogen-bond donors (Lipinski definition) is 0. The molecule has 2 fully saturated rings. The predicted octanol–water partition coefficient (Wildman–Crippen LogP) is 5.29. The Morgan fingerprint density at radius 2 is 1.82 bits per heavy atom. The molecular formula is C27H32N4OS. The molecule has 1 atom stereocenters. The van der Waals surface area contributed by atoms with Crippen molar-refractivity contribution >= 4 is 33.3 Å². The van der Waals surface area contributed by atoms with Crippen LogP contribution >= 0.6 is 11.3 Å². The topological polar surface area (TPSA) is 49.3 Å². The second kappa shape index (κ2) is 8.71. The van der Waals surface area contributed by atoms with Crippen LogP contribution in [0, 0.1) is 0 Å². The minimum atomic E-state index is -0.0473. The molecule has 1 amide bonds. The smallest absolute Gasteiger partial charge is 0.230 e. The summed E-state index contributed by atoms with van der Waals surface area (Å²) in [6.45, 7) is 5.33. The van der Waals surface area contributed by atoms with Crippen molar-refractivity contribution in [3.05, 3.63) is 52.2 Å². The largest absolute Gasteiger partial charge is 0.352 e. The third-order valence-electron chi connectivity index (χ3n) is 7.55. The second-order valence-electron chi connectivity index (χ2n) is 9.75. The maximum atomic E-state index is 13.4. The lowest BCUT2D eigenvalue weighted by atomic mass is 9.94. The Morgan fingerprint density at radius 1 is 1.06 bits per heavy atom. The van der Waals surface area contributed by atoms with E-state index < -0.39 is 0 Å². The van der Waals surface area contributed by atoms with Crippen molar-refractivity contribution in [3.8, 4) is 0 Å². The third kappa shape index (κ3) is 3.92. The molecule has 1 saturated carbocycles. The molecule has 1 saturated heterocycles. The van der Waals surface area contributed by atoms with Crippen molar-refractivity contribution in [1.82, 2.24) is 14.9 Å². The van der Waals surface area contributed by atoms with Gasteiger partial charge in [0.25, 0.3) is 0 Å². The normalized spacial score (nSPS) is 19.5. The minimum absolute atomic E-state index is 0.0473. The molecule has 172 valence electrons. The van der Waals surface area contributed by atoms with Crippen molar-refractivity contribution in [3.63, 3.8) is 0 Å². The number of benzene rings is 1. The molecule has 3 aliphatic rings. The van der Waals surface area contributed by atoms with Gasteiger partial charge in [0.15, 0.2) is 0 Å². The summed E-state index contributed by atoms with van der Waals surface area (Å²) >= 11 is 1.90. The number of fused-ring (bicyclic) bond motifs is 3. The molecule has 3 heterocycles. The highest BCUT2D eigenvalue weighted by molar-refractivity contribution is 7.19. The zero-order valence-electron chi connectivity index (χ0n) is 19.4. The van der Waals surface area contributed by atoms with Crippen molar-refractivity contribution in [1.29, 1.82) is 0 Å². The molecule has 0 N–H and O–H groups in total. The van der Waals surface area contributed by atoms with Crippen LogP contribution in [0.4, 0.5) is 5.82 Å². The molecule has 33 heavy (non-hydrogen) atoms. The number of aryl methyl sites for hydroxylation is 2. The standard InChI is InChI=1S/C27H32N4OS/c1-2-20(18-8-4-3-5-9-18)27(32)31-16-14-30(15-17-31)25-23-21-10-6-7-11-22(21)33-26(23)29-24(28-25)19-12-13-19/h3-5,8-9,19-20H,2,6-7,10-17H2,1H3/t20-/m1/s1. The summed E-state index contributed by atoms with van der Waals surface area (Å²) in [5, 5.41) is 1.31. The number of rotatable bonds is 5. The van der Waals surface area contributed by atoms with Crippen LogP contribution in [0.25, 0.3) is 10.2 Å². The highest BCUT2D eigenvalue weighted by Crippen LogP contribution is 2.44. The quantitative estimate of drug-likeness (QED) is 0.519. The number of carbonyl (C=O) groups excluding carboxylic acids is 1. The van der Waals surface area contributed by atoms with Crippen LogP contribution in [-0.4, -0.2) is 47.0 Å². The van der Waals surface area contributed by atoms with Gasteiger partial charge in [-0.15, -0.1) is 11.3 Å².